The van der Waals surface area contributed by atoms with Crippen LogP contribution in [0.4, 0.5) is 13.2 Å². The van der Waals surface area contributed by atoms with Gasteiger partial charge in [-0.05, 0) is 51.8 Å². The van der Waals surface area contributed by atoms with Gasteiger partial charge in [-0.15, -0.1) is 0 Å². The van der Waals surface area contributed by atoms with Gasteiger partial charge >= 0.3 is 6.18 Å². The first kappa shape index (κ1) is 26.7. The Hall–Kier alpha value is -1.57. The van der Waals surface area contributed by atoms with Crippen LogP contribution in [0.15, 0.2) is 6.07 Å². The molecule has 1 fully saturated rings. The van der Waals surface area contributed by atoms with Crippen LogP contribution in [0.3, 0.4) is 0 Å². The highest BCUT2D eigenvalue weighted by Crippen LogP contribution is 2.42. The summed E-state index contributed by atoms with van der Waals surface area (Å²) in [6.07, 6.45) is 4.38. The maximum Gasteiger partial charge on any atom is 0.435 e. The zero-order valence-electron chi connectivity index (χ0n) is 20.2. The molecule has 0 radical (unpaired) electrons. The van der Waals surface area contributed by atoms with Gasteiger partial charge in [-0.2, -0.15) is 18.3 Å². The van der Waals surface area contributed by atoms with E-state index in [1.54, 1.807) is 6.92 Å². The van der Waals surface area contributed by atoms with Crippen LogP contribution in [0.5, 0.6) is 0 Å². The van der Waals surface area contributed by atoms with Gasteiger partial charge in [0.25, 0.3) is 0 Å². The van der Waals surface area contributed by atoms with Crippen molar-refractivity contribution < 1.29 is 18.0 Å². The van der Waals surface area contributed by atoms with Gasteiger partial charge < -0.3 is 10.2 Å². The number of rotatable bonds is 15. The van der Waals surface area contributed by atoms with Crippen LogP contribution in [0.1, 0.15) is 96.4 Å². The van der Waals surface area contributed by atoms with E-state index in [9.17, 15) is 18.0 Å². The summed E-state index contributed by atoms with van der Waals surface area (Å²) >= 11 is 0. The molecular weight excluding hydrogens is 417 g/mol. The van der Waals surface area contributed by atoms with Gasteiger partial charge in [0, 0.05) is 24.2 Å². The lowest BCUT2D eigenvalue weighted by atomic mass is 10.1. The summed E-state index contributed by atoms with van der Waals surface area (Å²) in [5, 5.41) is 6.85. The lowest BCUT2D eigenvalue weighted by Gasteiger charge is -2.27. The predicted octanol–water partition coefficient (Wildman–Crippen LogP) is 5.60. The number of nitrogens with one attached hydrogen (secondary N) is 1. The van der Waals surface area contributed by atoms with E-state index in [0.29, 0.717) is 5.69 Å². The molecule has 0 saturated heterocycles. The minimum Gasteiger partial charge on any atom is -0.352 e. The molecule has 32 heavy (non-hydrogen) atoms. The normalized spacial score (nSPS) is 16.4. The molecule has 1 aliphatic rings. The summed E-state index contributed by atoms with van der Waals surface area (Å²) in [5.41, 5.74) is -0.266. The van der Waals surface area contributed by atoms with Crippen molar-refractivity contribution in [3.63, 3.8) is 0 Å². The smallest absolute Gasteiger partial charge is 0.352 e. The molecule has 0 spiro atoms. The van der Waals surface area contributed by atoms with E-state index >= 15 is 0 Å². The number of halogens is 3. The third-order valence-corrected chi connectivity index (χ3v) is 6.07. The van der Waals surface area contributed by atoms with Crippen molar-refractivity contribution in [2.45, 2.75) is 104 Å². The van der Waals surface area contributed by atoms with Crippen molar-refractivity contribution in [3.8, 4) is 0 Å². The van der Waals surface area contributed by atoms with Gasteiger partial charge in [0.15, 0.2) is 5.69 Å². The number of aromatic nitrogens is 2. The first-order valence-corrected chi connectivity index (χ1v) is 12.3. The van der Waals surface area contributed by atoms with Crippen molar-refractivity contribution in [3.05, 3.63) is 17.5 Å². The van der Waals surface area contributed by atoms with E-state index in [1.165, 1.54) is 30.4 Å². The van der Waals surface area contributed by atoms with Crippen LogP contribution in [0.25, 0.3) is 0 Å². The van der Waals surface area contributed by atoms with Gasteiger partial charge in [-0.1, -0.05) is 46.5 Å². The second kappa shape index (κ2) is 12.6. The highest BCUT2D eigenvalue weighted by atomic mass is 19.4. The fourth-order valence-corrected chi connectivity index (χ4v) is 4.05. The average molecular weight is 459 g/mol. The third-order valence-electron chi connectivity index (χ3n) is 6.07. The zero-order valence-corrected chi connectivity index (χ0v) is 20.2. The summed E-state index contributed by atoms with van der Waals surface area (Å²) < 4.78 is 40.8. The predicted molar refractivity (Wildman–Crippen MR) is 121 cm³/mol. The molecule has 1 saturated carbocycles. The van der Waals surface area contributed by atoms with Gasteiger partial charge in [-0.25, -0.2) is 0 Å². The van der Waals surface area contributed by atoms with E-state index < -0.39 is 17.8 Å². The van der Waals surface area contributed by atoms with Crippen LogP contribution in [0, 0.1) is 5.92 Å². The van der Waals surface area contributed by atoms with Crippen LogP contribution in [0.2, 0.25) is 0 Å². The molecule has 0 aliphatic heterocycles. The Labute approximate surface area is 191 Å². The van der Waals surface area contributed by atoms with Crippen LogP contribution < -0.4 is 5.32 Å². The van der Waals surface area contributed by atoms with Gasteiger partial charge in [0.05, 0.1) is 12.5 Å². The molecule has 2 rings (SSSR count). The van der Waals surface area contributed by atoms with Crippen LogP contribution in [-0.2, 0) is 17.5 Å². The minimum atomic E-state index is -4.46. The molecule has 8 heteroatoms. The molecule has 184 valence electrons. The molecule has 1 N–H and O–H groups in total. The molecule has 1 aromatic rings. The lowest BCUT2D eigenvalue weighted by molar-refractivity contribution is -0.141. The highest BCUT2D eigenvalue weighted by Gasteiger charge is 2.38. The topological polar surface area (TPSA) is 50.2 Å². The molecule has 5 nitrogen and oxygen atoms in total. The maximum atomic E-state index is 13.1. The molecule has 2 atom stereocenters. The second-order valence-electron chi connectivity index (χ2n) is 9.43. The highest BCUT2D eigenvalue weighted by molar-refractivity contribution is 5.78. The van der Waals surface area contributed by atoms with Crippen molar-refractivity contribution in [1.82, 2.24) is 20.0 Å². The van der Waals surface area contributed by atoms with Gasteiger partial charge in [-0.3, -0.25) is 9.48 Å². The summed E-state index contributed by atoms with van der Waals surface area (Å²) in [7, 11) is 0. The molecule has 0 aromatic carbocycles. The monoisotopic (exact) mass is 458 g/mol. The second-order valence-corrected chi connectivity index (χ2v) is 9.43. The standard InChI is InChI=1S/C24H41F3N4O/c1-5-7-9-13-30(14-10-8-6-2)17-19(4)28-23(32)18(3)16-31-21(20-11-12-20)15-22(29-31)24(25,26)27/h15,18-20H,5-14,16-17H2,1-4H3,(H,28,32). The van der Waals surface area contributed by atoms with Crippen molar-refractivity contribution >= 4 is 5.91 Å². The fraction of sp³-hybridized carbons (Fsp3) is 0.833. The van der Waals surface area contributed by atoms with Crippen molar-refractivity contribution in [2.75, 3.05) is 19.6 Å². The van der Waals surface area contributed by atoms with Crippen molar-refractivity contribution in [2.24, 2.45) is 5.92 Å². The summed E-state index contributed by atoms with van der Waals surface area (Å²) in [6.45, 7) is 11.2. The SMILES string of the molecule is CCCCCN(CCCCC)CC(C)NC(=O)C(C)Cn1nc(C(F)(F)F)cc1C1CC1. The summed E-state index contributed by atoms with van der Waals surface area (Å²) in [5.74, 6) is -0.456. The Morgan fingerprint density at radius 1 is 1.16 bits per heavy atom. The molecule has 1 aliphatic carbocycles. The van der Waals surface area contributed by atoms with E-state index in [0.717, 1.165) is 51.4 Å². The number of hydrogen-bond donors (Lipinski definition) is 1. The van der Waals surface area contributed by atoms with E-state index in [1.807, 2.05) is 6.92 Å². The molecular formula is C24H41F3N4O. The Bertz CT molecular complexity index is 690. The van der Waals surface area contributed by atoms with E-state index in [-0.39, 0.29) is 24.4 Å². The molecule has 1 aromatic heterocycles. The Balaban J connectivity index is 1.91. The lowest BCUT2D eigenvalue weighted by Crippen LogP contribution is -2.45. The zero-order chi connectivity index (χ0) is 23.7. The number of hydrogen-bond acceptors (Lipinski definition) is 3. The molecule has 1 amide bonds. The number of carbonyl (C=O) groups is 1. The Morgan fingerprint density at radius 3 is 2.25 bits per heavy atom. The number of carbonyl (C=O) groups excluding carboxylic acids is 1. The number of amides is 1. The van der Waals surface area contributed by atoms with Gasteiger partial charge in [0.2, 0.25) is 5.91 Å². The number of alkyl halides is 3. The first-order valence-electron chi connectivity index (χ1n) is 12.3. The third kappa shape index (κ3) is 8.75. The minimum absolute atomic E-state index is 0.0144. The fourth-order valence-electron chi connectivity index (χ4n) is 4.05. The Morgan fingerprint density at radius 2 is 1.75 bits per heavy atom. The maximum absolute atomic E-state index is 13.1. The van der Waals surface area contributed by atoms with Crippen molar-refractivity contribution in [1.29, 1.82) is 0 Å². The van der Waals surface area contributed by atoms with Crippen LogP contribution >= 0.6 is 0 Å². The molecule has 0 bridgehead atoms. The quantitative estimate of drug-likeness (QED) is 0.348. The van der Waals surface area contributed by atoms with Crippen LogP contribution in [-0.4, -0.2) is 46.3 Å². The number of unbranched alkanes of at least 4 members (excludes halogenated alkanes) is 4. The van der Waals surface area contributed by atoms with E-state index in [4.69, 9.17) is 0 Å². The molecule has 1 heterocycles. The molecule has 2 unspecified atom stereocenters. The summed E-state index contributed by atoms with van der Waals surface area (Å²) in [6, 6.07) is 1.13. The Kier molecular flexibility index (Phi) is 10.5. The average Bonchev–Trinajstić information content (AvgIpc) is 3.47. The first-order chi connectivity index (χ1) is 15.2. The number of nitrogens with zero attached hydrogens (tertiary/aromatic N) is 3. The summed E-state index contributed by atoms with van der Waals surface area (Å²) in [4.78, 5) is 15.2. The van der Waals surface area contributed by atoms with Gasteiger partial charge in [0.1, 0.15) is 0 Å². The van der Waals surface area contributed by atoms with E-state index in [2.05, 4.69) is 29.2 Å². The largest absolute Gasteiger partial charge is 0.435 e.